The minimum Gasteiger partial charge on any atom is -0.339 e. The van der Waals surface area contributed by atoms with Crippen molar-refractivity contribution in [1.82, 2.24) is 9.88 Å². The summed E-state index contributed by atoms with van der Waals surface area (Å²) in [5.41, 5.74) is 2.92. The van der Waals surface area contributed by atoms with Gasteiger partial charge in [-0.25, -0.2) is 10.8 Å². The van der Waals surface area contributed by atoms with Crippen molar-refractivity contribution in [3.8, 4) is 0 Å². The van der Waals surface area contributed by atoms with E-state index in [4.69, 9.17) is 17.4 Å². The summed E-state index contributed by atoms with van der Waals surface area (Å²) in [6.07, 6.45) is 7.37. The average Bonchev–Trinajstić information content (AvgIpc) is 2.72. The number of likely N-dealkylation sites (tertiary alicyclic amines) is 1. The third kappa shape index (κ3) is 4.08. The van der Waals surface area contributed by atoms with Crippen LogP contribution in [0.5, 0.6) is 0 Å². The number of hydrazine groups is 1. The number of halogens is 1. The highest BCUT2D eigenvalue weighted by Crippen LogP contribution is 2.24. The zero-order chi connectivity index (χ0) is 15.2. The molecule has 116 valence electrons. The predicted molar refractivity (Wildman–Crippen MR) is 85.2 cm³/mol. The third-order valence-corrected chi connectivity index (χ3v) is 4.34. The summed E-state index contributed by atoms with van der Waals surface area (Å²) in [6, 6.07) is 1.63. The topological polar surface area (TPSA) is 71.2 Å². The minimum absolute atomic E-state index is 0.00474. The number of nitrogens with two attached hydrogens (primary N) is 1. The van der Waals surface area contributed by atoms with Crippen molar-refractivity contribution >= 4 is 23.3 Å². The molecule has 0 aliphatic carbocycles. The summed E-state index contributed by atoms with van der Waals surface area (Å²) in [5.74, 6) is 6.43. The van der Waals surface area contributed by atoms with E-state index in [9.17, 15) is 4.79 Å². The number of hydrogen-bond acceptors (Lipinski definition) is 4. The van der Waals surface area contributed by atoms with Gasteiger partial charge in [0, 0.05) is 19.3 Å². The van der Waals surface area contributed by atoms with Gasteiger partial charge in [0.25, 0.3) is 5.91 Å². The first-order chi connectivity index (χ1) is 10.2. The molecule has 3 N–H and O–H groups in total. The van der Waals surface area contributed by atoms with Crippen LogP contribution in [-0.2, 0) is 0 Å². The first-order valence-electron chi connectivity index (χ1n) is 7.57. The van der Waals surface area contributed by atoms with E-state index < -0.39 is 0 Å². The molecule has 0 spiro atoms. The molecule has 1 saturated heterocycles. The van der Waals surface area contributed by atoms with E-state index in [0.29, 0.717) is 16.4 Å². The van der Waals surface area contributed by atoms with Crippen LogP contribution in [0.4, 0.5) is 5.82 Å². The van der Waals surface area contributed by atoms with Gasteiger partial charge >= 0.3 is 0 Å². The fourth-order valence-corrected chi connectivity index (χ4v) is 3.13. The fraction of sp³-hybridized carbons (Fsp3) is 0.600. The number of amides is 1. The molecule has 1 aromatic heterocycles. The molecular weight excluding hydrogens is 288 g/mol. The molecule has 0 saturated carbocycles. The quantitative estimate of drug-likeness (QED) is 0.662. The molecule has 1 amide bonds. The standard InChI is InChI=1S/C15H23ClN4O/c1-2-4-11-5-3-7-20(8-6-11)15(21)12-9-13(16)14(19-17)18-10-12/h9-11H,2-8,17H2,1H3,(H,18,19). The number of nitrogen functional groups attached to an aromatic ring is 1. The normalized spacial score (nSPS) is 19.2. The SMILES string of the molecule is CCCC1CCCN(C(=O)c2cnc(NN)c(Cl)c2)CC1. The van der Waals surface area contributed by atoms with Gasteiger partial charge in [-0.05, 0) is 31.2 Å². The van der Waals surface area contributed by atoms with E-state index >= 15 is 0 Å². The van der Waals surface area contributed by atoms with Gasteiger partial charge in [-0.3, -0.25) is 4.79 Å². The lowest BCUT2D eigenvalue weighted by Crippen LogP contribution is -2.32. The summed E-state index contributed by atoms with van der Waals surface area (Å²) >= 11 is 6.03. The first-order valence-corrected chi connectivity index (χ1v) is 7.95. The van der Waals surface area contributed by atoms with Crippen LogP contribution in [0, 0.1) is 5.92 Å². The number of nitrogens with zero attached hydrogens (tertiary/aromatic N) is 2. The second-order valence-corrected chi connectivity index (χ2v) is 5.98. The van der Waals surface area contributed by atoms with Crippen LogP contribution >= 0.6 is 11.6 Å². The van der Waals surface area contributed by atoms with Crippen LogP contribution in [0.2, 0.25) is 5.02 Å². The molecule has 1 aliphatic heterocycles. The van der Waals surface area contributed by atoms with Gasteiger partial charge in [-0.15, -0.1) is 0 Å². The van der Waals surface area contributed by atoms with Crippen molar-refractivity contribution < 1.29 is 4.79 Å². The first kappa shape index (κ1) is 16.0. The Morgan fingerprint density at radius 1 is 1.52 bits per heavy atom. The maximum Gasteiger partial charge on any atom is 0.255 e. The van der Waals surface area contributed by atoms with E-state index in [1.807, 2.05) is 4.90 Å². The van der Waals surface area contributed by atoms with E-state index in [-0.39, 0.29) is 5.91 Å². The van der Waals surface area contributed by atoms with Crippen molar-refractivity contribution in [1.29, 1.82) is 0 Å². The van der Waals surface area contributed by atoms with E-state index in [0.717, 1.165) is 31.8 Å². The summed E-state index contributed by atoms with van der Waals surface area (Å²) in [7, 11) is 0. The van der Waals surface area contributed by atoms with Crippen LogP contribution < -0.4 is 11.3 Å². The predicted octanol–water partition coefficient (Wildman–Crippen LogP) is 3.06. The lowest BCUT2D eigenvalue weighted by molar-refractivity contribution is 0.0759. The molecule has 1 atom stereocenters. The molecule has 0 aromatic carbocycles. The molecule has 21 heavy (non-hydrogen) atoms. The molecule has 1 fully saturated rings. The van der Waals surface area contributed by atoms with Gasteiger partial charge in [0.05, 0.1) is 10.6 Å². The number of pyridine rings is 1. The van der Waals surface area contributed by atoms with Crippen molar-refractivity contribution in [2.24, 2.45) is 11.8 Å². The second-order valence-electron chi connectivity index (χ2n) is 5.58. The molecule has 6 heteroatoms. The largest absolute Gasteiger partial charge is 0.339 e. The number of hydrogen-bond donors (Lipinski definition) is 2. The van der Waals surface area contributed by atoms with Crippen molar-refractivity contribution in [3.05, 3.63) is 22.8 Å². The summed E-state index contributed by atoms with van der Waals surface area (Å²) < 4.78 is 0. The Hall–Kier alpha value is -1.33. The monoisotopic (exact) mass is 310 g/mol. The Kier molecular flexibility index (Phi) is 5.82. The second kappa shape index (κ2) is 7.61. The van der Waals surface area contributed by atoms with Crippen LogP contribution in [0.25, 0.3) is 0 Å². The minimum atomic E-state index is 0.00474. The summed E-state index contributed by atoms with van der Waals surface area (Å²) in [4.78, 5) is 18.5. The smallest absolute Gasteiger partial charge is 0.255 e. The lowest BCUT2D eigenvalue weighted by atomic mass is 9.96. The van der Waals surface area contributed by atoms with Crippen molar-refractivity contribution in [3.63, 3.8) is 0 Å². The zero-order valence-electron chi connectivity index (χ0n) is 12.4. The van der Waals surface area contributed by atoms with Gasteiger partial charge in [0.15, 0.2) is 5.82 Å². The Morgan fingerprint density at radius 2 is 2.33 bits per heavy atom. The van der Waals surface area contributed by atoms with Gasteiger partial charge in [-0.2, -0.15) is 0 Å². The fourth-order valence-electron chi connectivity index (χ4n) is 2.91. The maximum absolute atomic E-state index is 12.5. The molecule has 1 aliphatic rings. The van der Waals surface area contributed by atoms with E-state index in [1.165, 1.54) is 25.5 Å². The highest BCUT2D eigenvalue weighted by atomic mass is 35.5. The Labute approximate surface area is 130 Å². The number of rotatable bonds is 4. The number of carbonyl (C=O) groups is 1. The Balaban J connectivity index is 2.04. The van der Waals surface area contributed by atoms with Gasteiger partial charge < -0.3 is 10.3 Å². The molecule has 0 bridgehead atoms. The maximum atomic E-state index is 12.5. The number of nitrogens with one attached hydrogen (secondary N) is 1. The van der Waals surface area contributed by atoms with Crippen LogP contribution in [-0.4, -0.2) is 28.9 Å². The van der Waals surface area contributed by atoms with Crippen LogP contribution in [0.1, 0.15) is 49.4 Å². The van der Waals surface area contributed by atoms with E-state index in [2.05, 4.69) is 17.3 Å². The highest BCUT2D eigenvalue weighted by molar-refractivity contribution is 6.33. The number of carbonyl (C=O) groups excluding carboxylic acids is 1. The summed E-state index contributed by atoms with van der Waals surface area (Å²) in [6.45, 7) is 3.85. The number of aromatic nitrogens is 1. The Bertz CT molecular complexity index is 495. The van der Waals surface area contributed by atoms with Gasteiger partial charge in [0.2, 0.25) is 0 Å². The molecule has 5 nitrogen and oxygen atoms in total. The molecule has 0 radical (unpaired) electrons. The molecule has 2 rings (SSSR count). The molecule has 1 aromatic rings. The van der Waals surface area contributed by atoms with Crippen LogP contribution in [0.15, 0.2) is 12.3 Å². The lowest BCUT2D eigenvalue weighted by Gasteiger charge is -2.21. The molecule has 1 unspecified atom stereocenters. The average molecular weight is 311 g/mol. The molecular formula is C15H23ClN4O. The van der Waals surface area contributed by atoms with Gasteiger partial charge in [-0.1, -0.05) is 31.4 Å². The van der Waals surface area contributed by atoms with Crippen molar-refractivity contribution in [2.75, 3.05) is 18.5 Å². The summed E-state index contributed by atoms with van der Waals surface area (Å²) in [5, 5.41) is 0.363. The van der Waals surface area contributed by atoms with Crippen molar-refractivity contribution in [2.45, 2.75) is 39.0 Å². The van der Waals surface area contributed by atoms with E-state index in [1.54, 1.807) is 6.07 Å². The van der Waals surface area contributed by atoms with Crippen LogP contribution in [0.3, 0.4) is 0 Å². The Morgan fingerprint density at radius 3 is 3.00 bits per heavy atom. The third-order valence-electron chi connectivity index (χ3n) is 4.06. The number of anilines is 1. The molecule has 2 heterocycles. The highest BCUT2D eigenvalue weighted by Gasteiger charge is 2.22. The zero-order valence-corrected chi connectivity index (χ0v) is 13.2. The van der Waals surface area contributed by atoms with Gasteiger partial charge in [0.1, 0.15) is 0 Å².